The molecule has 1 saturated heterocycles. The fourth-order valence-corrected chi connectivity index (χ4v) is 4.77. The molecule has 3 rings (SSSR count). The van der Waals surface area contributed by atoms with Crippen molar-refractivity contribution in [2.75, 3.05) is 23.7 Å². The van der Waals surface area contributed by atoms with Gasteiger partial charge in [0.2, 0.25) is 10.0 Å². The van der Waals surface area contributed by atoms with Crippen LogP contribution in [0.15, 0.2) is 47.4 Å². The summed E-state index contributed by atoms with van der Waals surface area (Å²) in [5.41, 5.74) is 0.282. The molecule has 9 nitrogen and oxygen atoms in total. The van der Waals surface area contributed by atoms with Gasteiger partial charge in [-0.05, 0) is 43.2 Å². The number of sulfonamides is 1. The summed E-state index contributed by atoms with van der Waals surface area (Å²) in [5, 5.41) is 15.6. The highest BCUT2D eigenvalue weighted by atomic mass is 32.2. The van der Waals surface area contributed by atoms with Gasteiger partial charge >= 0.3 is 6.03 Å². The number of amides is 2. The van der Waals surface area contributed by atoms with Crippen molar-refractivity contribution in [2.24, 2.45) is 0 Å². The van der Waals surface area contributed by atoms with Gasteiger partial charge in [-0.1, -0.05) is 12.8 Å². The van der Waals surface area contributed by atoms with Crippen LogP contribution in [-0.2, 0) is 10.0 Å². The van der Waals surface area contributed by atoms with E-state index in [1.54, 1.807) is 0 Å². The Morgan fingerprint density at radius 2 is 1.53 bits per heavy atom. The molecule has 2 amide bonds. The van der Waals surface area contributed by atoms with Crippen molar-refractivity contribution < 1.29 is 22.5 Å². The lowest BCUT2D eigenvalue weighted by molar-refractivity contribution is -0.384. The van der Waals surface area contributed by atoms with Crippen molar-refractivity contribution >= 4 is 33.1 Å². The van der Waals surface area contributed by atoms with E-state index in [1.807, 2.05) is 0 Å². The zero-order valence-electron chi connectivity index (χ0n) is 16.0. The van der Waals surface area contributed by atoms with Gasteiger partial charge in [0.25, 0.3) is 5.69 Å². The third kappa shape index (κ3) is 5.10. The number of nitrogens with one attached hydrogen (secondary N) is 2. The number of nitro benzene ring substituents is 1. The Kier molecular flexibility index (Phi) is 6.63. The highest BCUT2D eigenvalue weighted by molar-refractivity contribution is 7.89. The Labute approximate surface area is 173 Å². The van der Waals surface area contributed by atoms with Crippen LogP contribution in [-0.4, -0.2) is 36.8 Å². The smallest absolute Gasteiger partial charge is 0.308 e. The predicted octanol–water partition coefficient (Wildman–Crippen LogP) is 3.94. The van der Waals surface area contributed by atoms with Crippen molar-refractivity contribution in [2.45, 2.75) is 30.6 Å². The van der Waals surface area contributed by atoms with Crippen LogP contribution < -0.4 is 10.6 Å². The van der Waals surface area contributed by atoms with Crippen LogP contribution in [0.1, 0.15) is 25.7 Å². The standard InChI is InChI=1S/C19H21FN4O5S/c20-17-10-7-15(13-18(17)30(28,29)23-11-3-1-2-4-12-23)22-19(25)21-14-5-8-16(9-6-14)24(26)27/h5-10,13H,1-4,11-12H2,(H2,21,22,25). The van der Waals surface area contributed by atoms with E-state index in [0.717, 1.165) is 37.8 Å². The lowest BCUT2D eigenvalue weighted by Crippen LogP contribution is -2.32. The number of carbonyl (C=O) groups is 1. The van der Waals surface area contributed by atoms with Crippen molar-refractivity contribution in [3.8, 4) is 0 Å². The topological polar surface area (TPSA) is 122 Å². The lowest BCUT2D eigenvalue weighted by Gasteiger charge is -2.20. The van der Waals surface area contributed by atoms with Crippen molar-refractivity contribution in [1.29, 1.82) is 0 Å². The molecule has 1 heterocycles. The third-order valence-electron chi connectivity index (χ3n) is 4.71. The van der Waals surface area contributed by atoms with Crippen LogP contribution in [0, 0.1) is 15.9 Å². The molecule has 0 saturated carbocycles. The summed E-state index contributed by atoms with van der Waals surface area (Å²) >= 11 is 0. The van der Waals surface area contributed by atoms with E-state index in [2.05, 4.69) is 10.6 Å². The summed E-state index contributed by atoms with van der Waals surface area (Å²) in [6, 6.07) is 7.82. The van der Waals surface area contributed by atoms with Crippen LogP contribution >= 0.6 is 0 Å². The number of hydrogen-bond donors (Lipinski definition) is 2. The van der Waals surface area contributed by atoms with Crippen LogP contribution in [0.3, 0.4) is 0 Å². The zero-order chi connectivity index (χ0) is 21.7. The van der Waals surface area contributed by atoms with E-state index >= 15 is 0 Å². The van der Waals surface area contributed by atoms with E-state index in [1.165, 1.54) is 34.6 Å². The fourth-order valence-electron chi connectivity index (χ4n) is 3.16. The molecular formula is C19H21FN4O5S. The van der Waals surface area contributed by atoms with Crippen LogP contribution in [0.5, 0.6) is 0 Å². The average molecular weight is 436 g/mol. The summed E-state index contributed by atoms with van der Waals surface area (Å²) in [6.45, 7) is 0.667. The van der Waals surface area contributed by atoms with Crippen molar-refractivity contribution in [1.82, 2.24) is 4.31 Å². The maximum Gasteiger partial charge on any atom is 0.323 e. The minimum atomic E-state index is -4.02. The van der Waals surface area contributed by atoms with Crippen molar-refractivity contribution in [3.63, 3.8) is 0 Å². The van der Waals surface area contributed by atoms with E-state index in [-0.39, 0.29) is 11.4 Å². The van der Waals surface area contributed by atoms with Gasteiger partial charge in [-0.15, -0.1) is 0 Å². The number of anilines is 2. The first-order chi connectivity index (χ1) is 14.3. The lowest BCUT2D eigenvalue weighted by atomic mass is 10.2. The van der Waals surface area contributed by atoms with Gasteiger partial charge in [0, 0.05) is 36.6 Å². The Bertz CT molecular complexity index is 1040. The minimum absolute atomic E-state index is 0.101. The Morgan fingerprint density at radius 3 is 2.13 bits per heavy atom. The van der Waals surface area contributed by atoms with Gasteiger partial charge in [-0.3, -0.25) is 10.1 Å². The summed E-state index contributed by atoms with van der Waals surface area (Å²) in [4.78, 5) is 21.8. The van der Waals surface area contributed by atoms with Gasteiger partial charge in [-0.25, -0.2) is 17.6 Å². The predicted molar refractivity (Wildman–Crippen MR) is 109 cm³/mol. The third-order valence-corrected chi connectivity index (χ3v) is 6.62. The molecule has 1 fully saturated rings. The number of benzene rings is 2. The summed E-state index contributed by atoms with van der Waals surface area (Å²) in [7, 11) is -4.02. The SMILES string of the molecule is O=C(Nc1ccc([N+](=O)[O-])cc1)Nc1ccc(F)c(S(=O)(=O)N2CCCCCC2)c1. The summed E-state index contributed by atoms with van der Waals surface area (Å²) in [6.07, 6.45) is 3.30. The first kappa shape index (κ1) is 21.7. The fraction of sp³-hybridized carbons (Fsp3) is 0.316. The maximum atomic E-state index is 14.3. The molecule has 0 bridgehead atoms. The quantitative estimate of drug-likeness (QED) is 0.543. The average Bonchev–Trinajstić information content (AvgIpc) is 3.00. The highest BCUT2D eigenvalue weighted by Crippen LogP contribution is 2.25. The number of non-ortho nitro benzene ring substituents is 1. The number of urea groups is 1. The number of carbonyl (C=O) groups excluding carboxylic acids is 1. The molecule has 160 valence electrons. The molecule has 0 aromatic heterocycles. The zero-order valence-corrected chi connectivity index (χ0v) is 16.8. The molecule has 2 aromatic carbocycles. The van der Waals surface area contributed by atoms with Gasteiger partial charge in [0.1, 0.15) is 10.7 Å². The molecule has 2 N–H and O–H groups in total. The second kappa shape index (κ2) is 9.18. The number of rotatable bonds is 5. The molecule has 0 aliphatic carbocycles. The maximum absolute atomic E-state index is 14.3. The molecule has 0 unspecified atom stereocenters. The van der Waals surface area contributed by atoms with Crippen LogP contribution in [0.25, 0.3) is 0 Å². The molecule has 2 aromatic rings. The van der Waals surface area contributed by atoms with Gasteiger partial charge in [-0.2, -0.15) is 4.31 Å². The van der Waals surface area contributed by atoms with Gasteiger partial charge in [0.15, 0.2) is 0 Å². The van der Waals surface area contributed by atoms with E-state index in [4.69, 9.17) is 0 Å². The second-order valence-electron chi connectivity index (χ2n) is 6.85. The number of hydrogen-bond acceptors (Lipinski definition) is 5. The normalized spacial score (nSPS) is 15.2. The highest BCUT2D eigenvalue weighted by Gasteiger charge is 2.28. The van der Waals surface area contributed by atoms with Crippen LogP contribution in [0.4, 0.5) is 26.2 Å². The molecule has 0 radical (unpaired) electrons. The molecule has 30 heavy (non-hydrogen) atoms. The van der Waals surface area contributed by atoms with Gasteiger partial charge in [0.05, 0.1) is 4.92 Å². The van der Waals surface area contributed by atoms with E-state index in [9.17, 15) is 27.7 Å². The second-order valence-corrected chi connectivity index (χ2v) is 8.75. The molecule has 11 heteroatoms. The van der Waals surface area contributed by atoms with E-state index in [0.29, 0.717) is 18.8 Å². The molecule has 1 aliphatic heterocycles. The summed E-state index contributed by atoms with van der Waals surface area (Å²) < 4.78 is 41.4. The first-order valence-corrected chi connectivity index (χ1v) is 10.8. The first-order valence-electron chi connectivity index (χ1n) is 9.39. The monoisotopic (exact) mass is 436 g/mol. The largest absolute Gasteiger partial charge is 0.323 e. The Balaban J connectivity index is 1.74. The summed E-state index contributed by atoms with van der Waals surface area (Å²) in [5.74, 6) is -0.888. The van der Waals surface area contributed by atoms with Gasteiger partial charge < -0.3 is 10.6 Å². The van der Waals surface area contributed by atoms with Crippen LogP contribution in [0.2, 0.25) is 0 Å². The number of nitro groups is 1. The molecule has 0 spiro atoms. The molecular weight excluding hydrogens is 415 g/mol. The molecule has 1 aliphatic rings. The van der Waals surface area contributed by atoms with Crippen molar-refractivity contribution in [3.05, 3.63) is 58.4 Å². The Morgan fingerprint density at radius 1 is 0.967 bits per heavy atom. The number of halogens is 1. The van der Waals surface area contributed by atoms with E-state index < -0.39 is 31.7 Å². The molecule has 0 atom stereocenters. The minimum Gasteiger partial charge on any atom is -0.308 e. The Hall–Kier alpha value is -3.05. The number of nitrogens with zero attached hydrogens (tertiary/aromatic N) is 2.